The quantitative estimate of drug-likeness (QED) is 0.418. The summed E-state index contributed by atoms with van der Waals surface area (Å²) in [5.74, 6) is 0.0529. The first-order chi connectivity index (χ1) is 11.3. The van der Waals surface area contributed by atoms with E-state index in [1.165, 1.54) is 6.21 Å². The molecule has 3 aromatic rings. The minimum atomic E-state index is 0.0529. The van der Waals surface area contributed by atoms with E-state index in [1.807, 2.05) is 71.6 Å². The first-order valence-electron chi connectivity index (χ1n) is 7.20. The zero-order chi connectivity index (χ0) is 16.1. The zero-order valence-electron chi connectivity index (χ0n) is 12.4. The minimum absolute atomic E-state index is 0.0529. The highest BCUT2D eigenvalue weighted by Gasteiger charge is 2.13. The van der Waals surface area contributed by atoms with E-state index in [1.54, 1.807) is 12.1 Å². The van der Waals surface area contributed by atoms with Crippen LogP contribution in [0.15, 0.2) is 84.0 Å². The van der Waals surface area contributed by atoms with Crippen molar-refractivity contribution >= 4 is 23.3 Å². The second kappa shape index (κ2) is 6.66. The van der Waals surface area contributed by atoms with Gasteiger partial charge >= 0.3 is 0 Å². The molecule has 2 N–H and O–H groups in total. The lowest BCUT2D eigenvalue weighted by Gasteiger charge is -2.25. The van der Waals surface area contributed by atoms with Gasteiger partial charge < -0.3 is 15.2 Å². The van der Waals surface area contributed by atoms with E-state index >= 15 is 0 Å². The number of phenolic OH excluding ortho intramolecular Hbond substituents is 1. The van der Waals surface area contributed by atoms with Gasteiger partial charge in [0.05, 0.1) is 6.21 Å². The van der Waals surface area contributed by atoms with Crippen LogP contribution in [-0.4, -0.2) is 16.5 Å². The van der Waals surface area contributed by atoms with Crippen molar-refractivity contribution in [2.24, 2.45) is 5.16 Å². The lowest BCUT2D eigenvalue weighted by atomic mass is 10.1. The summed E-state index contributed by atoms with van der Waals surface area (Å²) >= 11 is 0. The molecule has 0 saturated heterocycles. The highest BCUT2D eigenvalue weighted by atomic mass is 16.4. The van der Waals surface area contributed by atoms with Gasteiger partial charge in [-0.3, -0.25) is 0 Å². The molecule has 23 heavy (non-hydrogen) atoms. The summed E-state index contributed by atoms with van der Waals surface area (Å²) in [6.45, 7) is 0. The van der Waals surface area contributed by atoms with Crippen LogP contribution in [0.3, 0.4) is 0 Å². The lowest BCUT2D eigenvalue weighted by molar-refractivity contribution is 0.321. The second-order valence-corrected chi connectivity index (χ2v) is 4.99. The van der Waals surface area contributed by atoms with E-state index in [9.17, 15) is 5.11 Å². The van der Waals surface area contributed by atoms with E-state index in [4.69, 9.17) is 5.21 Å². The van der Waals surface area contributed by atoms with Crippen LogP contribution in [0.1, 0.15) is 5.56 Å². The van der Waals surface area contributed by atoms with Crippen molar-refractivity contribution in [1.82, 2.24) is 0 Å². The molecule has 0 amide bonds. The fourth-order valence-corrected chi connectivity index (χ4v) is 2.44. The molecule has 0 bridgehead atoms. The molecule has 0 aliphatic heterocycles. The number of anilines is 3. The van der Waals surface area contributed by atoms with Crippen LogP contribution in [0.4, 0.5) is 17.1 Å². The van der Waals surface area contributed by atoms with Crippen molar-refractivity contribution in [3.05, 3.63) is 84.4 Å². The van der Waals surface area contributed by atoms with Gasteiger partial charge in [0.1, 0.15) is 5.75 Å². The Morgan fingerprint density at radius 3 is 1.78 bits per heavy atom. The second-order valence-electron chi connectivity index (χ2n) is 4.99. The predicted molar refractivity (Wildman–Crippen MR) is 92.2 cm³/mol. The van der Waals surface area contributed by atoms with Crippen molar-refractivity contribution in [1.29, 1.82) is 0 Å². The van der Waals surface area contributed by atoms with Crippen molar-refractivity contribution < 1.29 is 10.3 Å². The maximum Gasteiger partial charge on any atom is 0.126 e. The van der Waals surface area contributed by atoms with Crippen molar-refractivity contribution in [3.63, 3.8) is 0 Å². The molecule has 0 unspecified atom stereocenters. The monoisotopic (exact) mass is 304 g/mol. The Morgan fingerprint density at radius 2 is 1.30 bits per heavy atom. The largest absolute Gasteiger partial charge is 0.507 e. The van der Waals surface area contributed by atoms with Gasteiger partial charge in [0, 0.05) is 28.7 Å². The van der Waals surface area contributed by atoms with E-state index < -0.39 is 0 Å². The van der Waals surface area contributed by atoms with E-state index in [2.05, 4.69) is 5.16 Å². The average Bonchev–Trinajstić information content (AvgIpc) is 2.60. The van der Waals surface area contributed by atoms with Crippen LogP contribution in [0.5, 0.6) is 5.75 Å². The Labute approximate surface area is 134 Å². The molecule has 3 aromatic carbocycles. The lowest BCUT2D eigenvalue weighted by Crippen LogP contribution is -2.09. The Balaban J connectivity index is 2.11. The standard InChI is InChI=1S/C19H16N2O2/c22-19-13-18(12-11-15(19)14-20-23)21(16-7-3-1-4-8-16)17-9-5-2-6-10-17/h1-14,22-23H. The summed E-state index contributed by atoms with van der Waals surface area (Å²) in [5.41, 5.74) is 3.25. The molecule has 0 fully saturated rings. The van der Waals surface area contributed by atoms with Gasteiger partial charge in [-0.1, -0.05) is 41.6 Å². The third kappa shape index (κ3) is 3.16. The minimum Gasteiger partial charge on any atom is -0.507 e. The number of para-hydroxylation sites is 2. The van der Waals surface area contributed by atoms with Gasteiger partial charge in [0.15, 0.2) is 0 Å². The molecule has 4 nitrogen and oxygen atoms in total. The van der Waals surface area contributed by atoms with Crippen LogP contribution in [-0.2, 0) is 0 Å². The maximum atomic E-state index is 10.1. The number of phenols is 1. The molecule has 0 aliphatic rings. The molecule has 114 valence electrons. The van der Waals surface area contributed by atoms with Crippen molar-refractivity contribution in [3.8, 4) is 5.75 Å². The van der Waals surface area contributed by atoms with Crippen LogP contribution in [0.25, 0.3) is 0 Å². The normalized spacial score (nSPS) is 10.8. The van der Waals surface area contributed by atoms with Crippen LogP contribution < -0.4 is 4.90 Å². The number of oxime groups is 1. The van der Waals surface area contributed by atoms with Gasteiger partial charge in [-0.2, -0.15) is 0 Å². The summed E-state index contributed by atoms with van der Waals surface area (Å²) in [6.07, 6.45) is 1.20. The fraction of sp³-hybridized carbons (Fsp3) is 0. The number of rotatable bonds is 4. The molecule has 3 rings (SSSR count). The fourth-order valence-electron chi connectivity index (χ4n) is 2.44. The summed E-state index contributed by atoms with van der Waals surface area (Å²) in [5, 5.41) is 21.7. The van der Waals surface area contributed by atoms with Gasteiger partial charge in [-0.25, -0.2) is 0 Å². The molecule has 4 heteroatoms. The Bertz CT molecular complexity index is 763. The summed E-state index contributed by atoms with van der Waals surface area (Å²) in [6, 6.07) is 25.1. The maximum absolute atomic E-state index is 10.1. The van der Waals surface area contributed by atoms with E-state index in [0.29, 0.717) is 5.56 Å². The number of hydrogen-bond donors (Lipinski definition) is 2. The summed E-state index contributed by atoms with van der Waals surface area (Å²) in [4.78, 5) is 2.04. The first-order valence-corrected chi connectivity index (χ1v) is 7.20. The molecule has 0 radical (unpaired) electrons. The smallest absolute Gasteiger partial charge is 0.126 e. The average molecular weight is 304 g/mol. The SMILES string of the molecule is ON=Cc1ccc(N(c2ccccc2)c2ccccc2)cc1O. The van der Waals surface area contributed by atoms with E-state index in [0.717, 1.165) is 17.1 Å². The number of nitrogens with zero attached hydrogens (tertiary/aromatic N) is 2. The zero-order valence-corrected chi connectivity index (χ0v) is 12.4. The third-order valence-electron chi connectivity index (χ3n) is 3.50. The van der Waals surface area contributed by atoms with Crippen LogP contribution in [0, 0.1) is 0 Å². The van der Waals surface area contributed by atoms with Gasteiger partial charge in [0.2, 0.25) is 0 Å². The molecule has 0 spiro atoms. The Hall–Kier alpha value is -3.27. The Kier molecular flexibility index (Phi) is 4.25. The third-order valence-corrected chi connectivity index (χ3v) is 3.50. The van der Waals surface area contributed by atoms with E-state index in [-0.39, 0.29) is 5.75 Å². The van der Waals surface area contributed by atoms with Crippen LogP contribution >= 0.6 is 0 Å². The Morgan fingerprint density at radius 1 is 0.739 bits per heavy atom. The van der Waals surface area contributed by atoms with Crippen molar-refractivity contribution in [2.45, 2.75) is 0 Å². The summed E-state index contributed by atoms with van der Waals surface area (Å²) in [7, 11) is 0. The topological polar surface area (TPSA) is 56.1 Å². The predicted octanol–water partition coefficient (Wildman–Crippen LogP) is 4.67. The number of hydrogen-bond acceptors (Lipinski definition) is 4. The highest BCUT2D eigenvalue weighted by Crippen LogP contribution is 2.36. The van der Waals surface area contributed by atoms with Crippen molar-refractivity contribution in [2.75, 3.05) is 4.90 Å². The van der Waals surface area contributed by atoms with Gasteiger partial charge in [-0.15, -0.1) is 0 Å². The highest BCUT2D eigenvalue weighted by molar-refractivity contribution is 5.86. The molecule has 0 atom stereocenters. The molecule has 0 aromatic heterocycles. The summed E-state index contributed by atoms with van der Waals surface area (Å²) < 4.78 is 0. The molecule has 0 aliphatic carbocycles. The van der Waals surface area contributed by atoms with Crippen LogP contribution in [0.2, 0.25) is 0 Å². The molecule has 0 saturated carbocycles. The van der Waals surface area contributed by atoms with Gasteiger partial charge in [-0.05, 0) is 36.4 Å². The van der Waals surface area contributed by atoms with Gasteiger partial charge in [0.25, 0.3) is 0 Å². The molecular weight excluding hydrogens is 288 g/mol. The first kappa shape index (κ1) is 14.7. The molecular formula is C19H16N2O2. The molecule has 0 heterocycles. The number of aromatic hydroxyl groups is 1. The number of benzene rings is 3.